The van der Waals surface area contributed by atoms with Crippen molar-refractivity contribution in [2.45, 2.75) is 19.8 Å². The summed E-state index contributed by atoms with van der Waals surface area (Å²) < 4.78 is 10.7. The number of carbonyl (C=O) groups is 1. The summed E-state index contributed by atoms with van der Waals surface area (Å²) in [5, 5.41) is 8.63. The number of unbranched alkanes of at least 4 members (excludes halogenated alkanes) is 1. The van der Waals surface area contributed by atoms with E-state index in [0.29, 0.717) is 18.1 Å². The Bertz CT molecular complexity index is 424. The fourth-order valence-electron chi connectivity index (χ4n) is 1.39. The minimum absolute atomic E-state index is 0.609. The van der Waals surface area contributed by atoms with Gasteiger partial charge >= 0.3 is 5.97 Å². The van der Waals surface area contributed by atoms with E-state index in [1.807, 2.05) is 0 Å². The Labute approximate surface area is 107 Å². The van der Waals surface area contributed by atoms with E-state index in [9.17, 15) is 4.79 Å². The molecule has 0 unspecified atom stereocenters. The Morgan fingerprint density at radius 2 is 2.22 bits per heavy atom. The second-order valence-corrected chi connectivity index (χ2v) is 3.78. The fraction of sp³-hybridized carbons (Fsp3) is 0.357. The smallest absolute Gasteiger partial charge is 0.328 e. The van der Waals surface area contributed by atoms with Gasteiger partial charge in [0.05, 0.1) is 13.7 Å². The van der Waals surface area contributed by atoms with Gasteiger partial charge in [0.25, 0.3) is 0 Å². The van der Waals surface area contributed by atoms with Crippen LogP contribution >= 0.6 is 0 Å². The van der Waals surface area contributed by atoms with Gasteiger partial charge < -0.3 is 14.6 Å². The van der Waals surface area contributed by atoms with Gasteiger partial charge in [-0.3, -0.25) is 0 Å². The van der Waals surface area contributed by atoms with Crippen molar-refractivity contribution in [2.75, 3.05) is 13.7 Å². The largest absolute Gasteiger partial charge is 0.497 e. The quantitative estimate of drug-likeness (QED) is 0.597. The molecular formula is C14H18O4. The van der Waals surface area contributed by atoms with Crippen molar-refractivity contribution < 1.29 is 19.4 Å². The highest BCUT2D eigenvalue weighted by atomic mass is 16.5. The van der Waals surface area contributed by atoms with Crippen LogP contribution < -0.4 is 9.47 Å². The zero-order valence-corrected chi connectivity index (χ0v) is 10.7. The van der Waals surface area contributed by atoms with Crippen LogP contribution in [-0.4, -0.2) is 24.8 Å². The molecule has 1 aromatic carbocycles. The molecule has 1 aromatic rings. The molecule has 0 aliphatic rings. The summed E-state index contributed by atoms with van der Waals surface area (Å²) in [6.07, 6.45) is 4.61. The summed E-state index contributed by atoms with van der Waals surface area (Å²) in [4.78, 5) is 10.5. The minimum Gasteiger partial charge on any atom is -0.497 e. The molecule has 98 valence electrons. The number of carboxylic acids is 1. The molecule has 0 fully saturated rings. The van der Waals surface area contributed by atoms with E-state index >= 15 is 0 Å². The van der Waals surface area contributed by atoms with Gasteiger partial charge in [0.2, 0.25) is 0 Å². The van der Waals surface area contributed by atoms with E-state index in [1.165, 1.54) is 6.08 Å². The van der Waals surface area contributed by atoms with Gasteiger partial charge in [0.1, 0.15) is 11.5 Å². The van der Waals surface area contributed by atoms with Crippen molar-refractivity contribution in [3.05, 3.63) is 29.8 Å². The molecule has 18 heavy (non-hydrogen) atoms. The van der Waals surface area contributed by atoms with Gasteiger partial charge in [0.15, 0.2) is 0 Å². The molecule has 0 atom stereocenters. The maximum atomic E-state index is 10.5. The average molecular weight is 250 g/mol. The van der Waals surface area contributed by atoms with Crippen LogP contribution in [0.25, 0.3) is 6.08 Å². The van der Waals surface area contributed by atoms with Crippen molar-refractivity contribution in [3.63, 3.8) is 0 Å². The van der Waals surface area contributed by atoms with Crippen LogP contribution in [0, 0.1) is 0 Å². The first kappa shape index (κ1) is 14.1. The first-order chi connectivity index (χ1) is 8.67. The third kappa shape index (κ3) is 4.49. The first-order valence-electron chi connectivity index (χ1n) is 5.89. The summed E-state index contributed by atoms with van der Waals surface area (Å²) in [7, 11) is 1.58. The number of hydrogen-bond donors (Lipinski definition) is 1. The number of methoxy groups -OCH3 is 1. The molecule has 4 heteroatoms. The molecule has 0 amide bonds. The van der Waals surface area contributed by atoms with Crippen LogP contribution in [-0.2, 0) is 4.79 Å². The van der Waals surface area contributed by atoms with Crippen LogP contribution in [0.15, 0.2) is 24.3 Å². The normalized spacial score (nSPS) is 10.6. The van der Waals surface area contributed by atoms with Gasteiger partial charge in [0, 0.05) is 17.7 Å². The molecule has 1 rings (SSSR count). The third-order valence-electron chi connectivity index (χ3n) is 2.38. The molecule has 0 aromatic heterocycles. The number of carboxylic acid groups (broad SMARTS) is 1. The van der Waals surface area contributed by atoms with Crippen LogP contribution in [0.5, 0.6) is 11.5 Å². The molecule has 0 saturated heterocycles. The Hall–Kier alpha value is -1.97. The number of hydrogen-bond acceptors (Lipinski definition) is 3. The van der Waals surface area contributed by atoms with Gasteiger partial charge in [-0.25, -0.2) is 4.79 Å². The molecular weight excluding hydrogens is 232 g/mol. The summed E-state index contributed by atoms with van der Waals surface area (Å²) in [5.74, 6) is 0.347. The molecule has 0 heterocycles. The van der Waals surface area contributed by atoms with E-state index in [0.717, 1.165) is 24.5 Å². The predicted molar refractivity (Wildman–Crippen MR) is 70.1 cm³/mol. The summed E-state index contributed by atoms with van der Waals surface area (Å²) in [5.41, 5.74) is 0.731. The van der Waals surface area contributed by atoms with Gasteiger partial charge in [-0.2, -0.15) is 0 Å². The van der Waals surface area contributed by atoms with E-state index in [4.69, 9.17) is 14.6 Å². The van der Waals surface area contributed by atoms with E-state index < -0.39 is 5.97 Å². The maximum absolute atomic E-state index is 10.5. The lowest BCUT2D eigenvalue weighted by atomic mass is 10.1. The van der Waals surface area contributed by atoms with E-state index in [-0.39, 0.29) is 0 Å². The number of aliphatic carboxylic acids is 1. The molecule has 0 aliphatic heterocycles. The SMILES string of the molecule is CCCCOc1cc(OC)ccc1C=CC(=O)O. The van der Waals surface area contributed by atoms with Crippen molar-refractivity contribution in [1.29, 1.82) is 0 Å². The number of rotatable bonds is 7. The lowest BCUT2D eigenvalue weighted by molar-refractivity contribution is -0.131. The van der Waals surface area contributed by atoms with Crippen molar-refractivity contribution in [1.82, 2.24) is 0 Å². The summed E-state index contributed by atoms with van der Waals surface area (Å²) >= 11 is 0. The van der Waals surface area contributed by atoms with Gasteiger partial charge in [-0.1, -0.05) is 13.3 Å². The van der Waals surface area contributed by atoms with Crippen LogP contribution in [0.2, 0.25) is 0 Å². The Morgan fingerprint density at radius 1 is 1.44 bits per heavy atom. The van der Waals surface area contributed by atoms with Crippen LogP contribution in [0.1, 0.15) is 25.3 Å². The molecule has 0 aliphatic carbocycles. The fourth-order valence-corrected chi connectivity index (χ4v) is 1.39. The van der Waals surface area contributed by atoms with Gasteiger partial charge in [-0.15, -0.1) is 0 Å². The zero-order valence-electron chi connectivity index (χ0n) is 10.7. The number of benzene rings is 1. The second-order valence-electron chi connectivity index (χ2n) is 3.78. The highest BCUT2D eigenvalue weighted by Crippen LogP contribution is 2.26. The summed E-state index contributed by atoms with van der Waals surface area (Å²) in [6, 6.07) is 5.31. The van der Waals surface area contributed by atoms with Crippen molar-refractivity contribution in [3.8, 4) is 11.5 Å². The molecule has 0 saturated carbocycles. The van der Waals surface area contributed by atoms with Gasteiger partial charge in [-0.05, 0) is 24.6 Å². The van der Waals surface area contributed by atoms with E-state index in [2.05, 4.69) is 6.92 Å². The lowest BCUT2D eigenvalue weighted by Gasteiger charge is -2.10. The molecule has 4 nitrogen and oxygen atoms in total. The number of ether oxygens (including phenoxy) is 2. The molecule has 0 radical (unpaired) electrons. The maximum Gasteiger partial charge on any atom is 0.328 e. The van der Waals surface area contributed by atoms with Crippen LogP contribution in [0.4, 0.5) is 0 Å². The van der Waals surface area contributed by atoms with Crippen molar-refractivity contribution >= 4 is 12.0 Å². The van der Waals surface area contributed by atoms with E-state index in [1.54, 1.807) is 25.3 Å². The molecule has 0 spiro atoms. The monoisotopic (exact) mass is 250 g/mol. The Kier molecular flexibility index (Phi) is 5.77. The second kappa shape index (κ2) is 7.37. The van der Waals surface area contributed by atoms with Crippen LogP contribution in [0.3, 0.4) is 0 Å². The lowest BCUT2D eigenvalue weighted by Crippen LogP contribution is -1.99. The standard InChI is InChI=1S/C14H18O4/c1-3-4-9-18-13-10-12(17-2)7-5-11(13)6-8-14(15)16/h5-8,10H,3-4,9H2,1-2H3,(H,15,16). The highest BCUT2D eigenvalue weighted by molar-refractivity contribution is 5.86. The summed E-state index contributed by atoms with van der Waals surface area (Å²) in [6.45, 7) is 2.69. The topological polar surface area (TPSA) is 55.8 Å². The Balaban J connectivity index is 2.89. The average Bonchev–Trinajstić information content (AvgIpc) is 2.37. The third-order valence-corrected chi connectivity index (χ3v) is 2.38. The molecule has 0 bridgehead atoms. The first-order valence-corrected chi connectivity index (χ1v) is 5.89. The predicted octanol–water partition coefficient (Wildman–Crippen LogP) is 2.97. The molecule has 1 N–H and O–H groups in total. The Morgan fingerprint density at radius 3 is 2.83 bits per heavy atom. The zero-order chi connectivity index (χ0) is 13.4. The van der Waals surface area contributed by atoms with Crippen molar-refractivity contribution in [2.24, 2.45) is 0 Å². The minimum atomic E-state index is -0.981. The highest BCUT2D eigenvalue weighted by Gasteiger charge is 2.04.